The van der Waals surface area contributed by atoms with E-state index in [1.165, 1.54) is 14.2 Å². The Hall–Kier alpha value is -2.93. The van der Waals surface area contributed by atoms with Crippen LogP contribution in [0.4, 0.5) is 0 Å². The fourth-order valence-electron chi connectivity index (χ4n) is 4.36. The van der Waals surface area contributed by atoms with E-state index < -0.39 is 5.97 Å². The van der Waals surface area contributed by atoms with E-state index in [0.29, 0.717) is 17.9 Å². The zero-order valence-electron chi connectivity index (χ0n) is 18.9. The maximum absolute atomic E-state index is 11.9. The van der Waals surface area contributed by atoms with Crippen molar-refractivity contribution in [2.24, 2.45) is 0 Å². The molecule has 7 nitrogen and oxygen atoms in total. The molecule has 32 heavy (non-hydrogen) atoms. The Bertz CT molecular complexity index is 930. The lowest BCUT2D eigenvalue weighted by molar-refractivity contribution is -0.140. The number of aromatic hydroxyl groups is 1. The zero-order valence-corrected chi connectivity index (χ0v) is 18.9. The van der Waals surface area contributed by atoms with E-state index in [9.17, 15) is 14.7 Å². The smallest absolute Gasteiger partial charge is 0.356 e. The maximum atomic E-state index is 11.9. The molecule has 0 bridgehead atoms. The van der Waals surface area contributed by atoms with Crippen molar-refractivity contribution in [3.8, 4) is 5.75 Å². The van der Waals surface area contributed by atoms with Crippen LogP contribution < -0.4 is 0 Å². The fraction of sp³-hybridized carbons (Fsp3) is 0.480. The minimum atomic E-state index is -0.422. The quantitative estimate of drug-likeness (QED) is 0.443. The van der Waals surface area contributed by atoms with Crippen LogP contribution in [0.3, 0.4) is 0 Å². The molecular formula is C25H32N2O5. The number of methoxy groups -OCH3 is 2. The number of fused-ring (bicyclic) bond motifs is 1. The Morgan fingerprint density at radius 3 is 2.72 bits per heavy atom. The predicted octanol–water partition coefficient (Wildman–Crippen LogP) is 3.84. The number of pyridine rings is 1. The molecule has 0 saturated heterocycles. The second-order valence-corrected chi connectivity index (χ2v) is 8.12. The molecule has 3 rings (SSSR count). The molecule has 1 aromatic carbocycles. The third-order valence-corrected chi connectivity index (χ3v) is 6.11. The lowest BCUT2D eigenvalue weighted by Gasteiger charge is -2.36. The van der Waals surface area contributed by atoms with E-state index in [4.69, 9.17) is 9.47 Å². The van der Waals surface area contributed by atoms with Gasteiger partial charge in [0.1, 0.15) is 11.4 Å². The minimum Gasteiger partial charge on any atom is -0.508 e. The number of phenols is 1. The summed E-state index contributed by atoms with van der Waals surface area (Å²) in [6.07, 6.45) is 7.52. The van der Waals surface area contributed by atoms with Gasteiger partial charge in [-0.15, -0.1) is 0 Å². The van der Waals surface area contributed by atoms with E-state index in [2.05, 4.69) is 9.88 Å². The number of para-hydroxylation sites is 1. The van der Waals surface area contributed by atoms with Crippen LogP contribution in [0, 0.1) is 0 Å². The SMILES string of the molecule is COC(=O)CCCCN(CCc1ccccc1O)C1CCCc2cc(C(=O)OC)ncc21. The van der Waals surface area contributed by atoms with Crippen LogP contribution in [0.15, 0.2) is 36.5 Å². The molecule has 0 fully saturated rings. The van der Waals surface area contributed by atoms with Crippen molar-refractivity contribution in [1.29, 1.82) is 0 Å². The molecule has 0 saturated carbocycles. The molecule has 172 valence electrons. The van der Waals surface area contributed by atoms with Gasteiger partial charge in [0.2, 0.25) is 0 Å². The van der Waals surface area contributed by atoms with Crippen LogP contribution in [0.1, 0.15) is 65.3 Å². The first-order valence-electron chi connectivity index (χ1n) is 11.2. The number of unbranched alkanes of at least 4 members (excludes halogenated alkanes) is 1. The van der Waals surface area contributed by atoms with Crippen LogP contribution >= 0.6 is 0 Å². The number of hydrogen-bond acceptors (Lipinski definition) is 7. The van der Waals surface area contributed by atoms with E-state index in [1.54, 1.807) is 6.07 Å². The number of aromatic nitrogens is 1. The van der Waals surface area contributed by atoms with Gasteiger partial charge in [0, 0.05) is 25.2 Å². The van der Waals surface area contributed by atoms with E-state index in [-0.39, 0.29) is 12.0 Å². The summed E-state index contributed by atoms with van der Waals surface area (Å²) >= 11 is 0. The molecule has 1 atom stereocenters. The normalized spacial score (nSPS) is 15.3. The minimum absolute atomic E-state index is 0.182. The summed E-state index contributed by atoms with van der Waals surface area (Å²) < 4.78 is 9.57. The van der Waals surface area contributed by atoms with E-state index in [1.807, 2.05) is 30.5 Å². The first-order valence-corrected chi connectivity index (χ1v) is 11.2. The van der Waals surface area contributed by atoms with Crippen LogP contribution in [0.2, 0.25) is 0 Å². The zero-order chi connectivity index (χ0) is 22.9. The van der Waals surface area contributed by atoms with Gasteiger partial charge >= 0.3 is 11.9 Å². The highest BCUT2D eigenvalue weighted by atomic mass is 16.5. The van der Waals surface area contributed by atoms with Gasteiger partial charge in [-0.2, -0.15) is 0 Å². The molecule has 1 heterocycles. The number of carbonyl (C=O) groups is 2. The Labute approximate surface area is 189 Å². The molecule has 0 spiro atoms. The van der Waals surface area contributed by atoms with Gasteiger partial charge in [0.25, 0.3) is 0 Å². The lowest BCUT2D eigenvalue weighted by atomic mass is 9.87. The van der Waals surface area contributed by atoms with Crippen LogP contribution in [-0.2, 0) is 27.1 Å². The standard InChI is InChI=1S/C25H32N2O5/c1-31-24(29)12-5-6-14-27(15-13-18-8-3-4-11-23(18)28)22-10-7-9-19-16-21(25(30)32-2)26-17-20(19)22/h3-4,8,11,16-17,22,28H,5-7,9-10,12-15H2,1-2H3. The molecule has 1 unspecified atom stereocenters. The lowest BCUT2D eigenvalue weighted by Crippen LogP contribution is -2.34. The summed E-state index contributed by atoms with van der Waals surface area (Å²) in [5, 5.41) is 10.2. The Kier molecular flexibility index (Phi) is 8.62. The molecular weight excluding hydrogens is 408 g/mol. The second-order valence-electron chi connectivity index (χ2n) is 8.12. The van der Waals surface area contributed by atoms with Crippen molar-refractivity contribution < 1.29 is 24.2 Å². The average Bonchev–Trinajstić information content (AvgIpc) is 2.83. The number of hydrogen-bond donors (Lipinski definition) is 1. The molecule has 1 aliphatic carbocycles. The fourth-order valence-corrected chi connectivity index (χ4v) is 4.36. The molecule has 2 aromatic rings. The number of benzene rings is 1. The van der Waals surface area contributed by atoms with Gasteiger partial charge < -0.3 is 14.6 Å². The number of ether oxygens (including phenoxy) is 2. The third-order valence-electron chi connectivity index (χ3n) is 6.11. The molecule has 1 N–H and O–H groups in total. The van der Waals surface area contributed by atoms with Crippen molar-refractivity contribution >= 4 is 11.9 Å². The summed E-state index contributed by atoms with van der Waals surface area (Å²) in [7, 11) is 2.77. The van der Waals surface area contributed by atoms with Crippen molar-refractivity contribution in [2.75, 3.05) is 27.3 Å². The number of carbonyl (C=O) groups excluding carboxylic acids is 2. The monoisotopic (exact) mass is 440 g/mol. The molecule has 0 radical (unpaired) electrons. The highest BCUT2D eigenvalue weighted by molar-refractivity contribution is 5.87. The summed E-state index contributed by atoms with van der Waals surface area (Å²) in [5.74, 6) is -0.297. The van der Waals surface area contributed by atoms with E-state index >= 15 is 0 Å². The Morgan fingerprint density at radius 1 is 1.16 bits per heavy atom. The van der Waals surface area contributed by atoms with E-state index in [0.717, 1.165) is 68.3 Å². The van der Waals surface area contributed by atoms with Gasteiger partial charge in [0.05, 0.1) is 14.2 Å². The first kappa shape index (κ1) is 23.7. The number of rotatable bonds is 10. The maximum Gasteiger partial charge on any atom is 0.356 e. The van der Waals surface area contributed by atoms with Gasteiger partial charge in [-0.3, -0.25) is 9.69 Å². The van der Waals surface area contributed by atoms with Crippen molar-refractivity contribution in [2.45, 2.75) is 51.0 Å². The molecule has 0 amide bonds. The largest absolute Gasteiger partial charge is 0.508 e. The molecule has 0 aliphatic heterocycles. The highest BCUT2D eigenvalue weighted by Crippen LogP contribution is 2.35. The summed E-state index contributed by atoms with van der Waals surface area (Å²) in [6, 6.07) is 9.46. The Balaban J connectivity index is 1.77. The topological polar surface area (TPSA) is 89.0 Å². The van der Waals surface area contributed by atoms with Crippen LogP contribution in [-0.4, -0.2) is 54.2 Å². The van der Waals surface area contributed by atoms with Gasteiger partial charge in [-0.1, -0.05) is 18.2 Å². The summed E-state index contributed by atoms with van der Waals surface area (Å²) in [4.78, 5) is 30.1. The number of esters is 2. The van der Waals surface area contributed by atoms with Crippen LogP contribution in [0.25, 0.3) is 0 Å². The van der Waals surface area contributed by atoms with Gasteiger partial charge in [0.15, 0.2) is 0 Å². The average molecular weight is 441 g/mol. The second kappa shape index (κ2) is 11.6. The van der Waals surface area contributed by atoms with Crippen molar-refractivity contribution in [1.82, 2.24) is 9.88 Å². The number of nitrogens with zero attached hydrogens (tertiary/aromatic N) is 2. The summed E-state index contributed by atoms with van der Waals surface area (Å²) in [5.41, 5.74) is 3.54. The highest BCUT2D eigenvalue weighted by Gasteiger charge is 2.27. The molecule has 7 heteroatoms. The van der Waals surface area contributed by atoms with Gasteiger partial charge in [-0.25, -0.2) is 9.78 Å². The molecule has 1 aromatic heterocycles. The Morgan fingerprint density at radius 2 is 1.97 bits per heavy atom. The third kappa shape index (κ3) is 6.07. The van der Waals surface area contributed by atoms with Crippen molar-refractivity contribution in [3.05, 3.63) is 58.9 Å². The first-order chi connectivity index (χ1) is 15.5. The van der Waals surface area contributed by atoms with Crippen LogP contribution in [0.5, 0.6) is 5.75 Å². The van der Waals surface area contributed by atoms with Gasteiger partial charge in [-0.05, 0) is 73.9 Å². The summed E-state index contributed by atoms with van der Waals surface area (Å²) in [6.45, 7) is 1.60. The molecule has 1 aliphatic rings. The number of phenolic OH excluding ortho intramolecular Hbond substituents is 1. The van der Waals surface area contributed by atoms with Crippen molar-refractivity contribution in [3.63, 3.8) is 0 Å². The predicted molar refractivity (Wildman–Crippen MR) is 121 cm³/mol. The number of aryl methyl sites for hydroxylation is 1.